The number of nitrogens with zero attached hydrogens (tertiary/aromatic N) is 2. The molecule has 2 aliphatic heterocycles. The van der Waals surface area contributed by atoms with Crippen LogP contribution in [0.5, 0.6) is 11.5 Å². The van der Waals surface area contributed by atoms with Gasteiger partial charge in [-0.15, -0.1) is 0 Å². The monoisotopic (exact) mass is 476 g/mol. The number of fused-ring (bicyclic) bond motifs is 1. The standard InChI is InChI=1S/C28H29FN2O4/c29-24-8-6-20(7-9-24)14-27(32)31-11-13-34-28-23(18-31)15-22(21-4-3-10-30-17-21)16-26(28)35-19-25-5-1-2-12-33-25/h3-4,6-10,15-17,25H,1-2,5,11-14,18-19H2/t25-/m1/s1. The van der Waals surface area contributed by atoms with Crippen molar-refractivity contribution in [1.29, 1.82) is 0 Å². The molecule has 5 rings (SSSR count). The van der Waals surface area contributed by atoms with E-state index in [1.165, 1.54) is 12.1 Å². The van der Waals surface area contributed by atoms with Crippen LogP contribution in [0, 0.1) is 5.82 Å². The molecule has 1 saturated heterocycles. The van der Waals surface area contributed by atoms with Crippen LogP contribution in [0.4, 0.5) is 4.39 Å². The highest BCUT2D eigenvalue weighted by molar-refractivity contribution is 5.79. The Morgan fingerprint density at radius 1 is 1.11 bits per heavy atom. The maximum Gasteiger partial charge on any atom is 0.227 e. The number of hydrogen-bond acceptors (Lipinski definition) is 5. The van der Waals surface area contributed by atoms with Crippen molar-refractivity contribution in [2.75, 3.05) is 26.4 Å². The number of aromatic nitrogens is 1. The van der Waals surface area contributed by atoms with Gasteiger partial charge in [-0.3, -0.25) is 9.78 Å². The number of halogens is 1. The number of carbonyl (C=O) groups is 1. The van der Waals surface area contributed by atoms with Crippen LogP contribution in [-0.4, -0.2) is 48.3 Å². The van der Waals surface area contributed by atoms with Crippen LogP contribution in [0.3, 0.4) is 0 Å². The minimum absolute atomic E-state index is 0.0297. The van der Waals surface area contributed by atoms with E-state index in [1.807, 2.05) is 30.5 Å². The fourth-order valence-corrected chi connectivity index (χ4v) is 4.51. The van der Waals surface area contributed by atoms with Gasteiger partial charge in [0.1, 0.15) is 19.0 Å². The number of carbonyl (C=O) groups excluding carboxylic acids is 1. The summed E-state index contributed by atoms with van der Waals surface area (Å²) < 4.78 is 31.5. The van der Waals surface area contributed by atoms with E-state index in [1.54, 1.807) is 23.2 Å². The first kappa shape index (κ1) is 23.3. The van der Waals surface area contributed by atoms with Gasteiger partial charge in [0, 0.05) is 36.7 Å². The van der Waals surface area contributed by atoms with Gasteiger partial charge in [-0.05, 0) is 60.7 Å². The van der Waals surface area contributed by atoms with Crippen molar-refractivity contribution in [3.63, 3.8) is 0 Å². The van der Waals surface area contributed by atoms with Crippen LogP contribution >= 0.6 is 0 Å². The number of ether oxygens (including phenoxy) is 3. The number of pyridine rings is 1. The van der Waals surface area contributed by atoms with E-state index < -0.39 is 0 Å². The molecule has 1 atom stereocenters. The first-order valence-electron chi connectivity index (χ1n) is 12.1. The zero-order valence-electron chi connectivity index (χ0n) is 19.6. The molecule has 35 heavy (non-hydrogen) atoms. The van der Waals surface area contributed by atoms with Gasteiger partial charge in [0.25, 0.3) is 0 Å². The van der Waals surface area contributed by atoms with Gasteiger partial charge in [-0.2, -0.15) is 0 Å². The highest BCUT2D eigenvalue weighted by atomic mass is 19.1. The van der Waals surface area contributed by atoms with Crippen molar-refractivity contribution in [2.45, 2.75) is 38.3 Å². The maximum absolute atomic E-state index is 13.3. The van der Waals surface area contributed by atoms with E-state index in [0.29, 0.717) is 37.8 Å². The summed E-state index contributed by atoms with van der Waals surface area (Å²) in [5.74, 6) is 0.985. The fraction of sp³-hybridized carbons (Fsp3) is 0.357. The summed E-state index contributed by atoms with van der Waals surface area (Å²) in [6, 6.07) is 14.0. The summed E-state index contributed by atoms with van der Waals surface area (Å²) in [5, 5.41) is 0. The van der Waals surface area contributed by atoms with Crippen LogP contribution in [0.15, 0.2) is 60.9 Å². The molecular weight excluding hydrogens is 447 g/mol. The molecule has 0 N–H and O–H groups in total. The van der Waals surface area contributed by atoms with Crippen molar-refractivity contribution < 1.29 is 23.4 Å². The molecule has 3 heterocycles. The molecule has 0 bridgehead atoms. The third-order valence-corrected chi connectivity index (χ3v) is 6.42. The maximum atomic E-state index is 13.3. The Kier molecular flexibility index (Phi) is 7.23. The minimum atomic E-state index is -0.313. The second kappa shape index (κ2) is 10.9. The Morgan fingerprint density at radius 2 is 2.00 bits per heavy atom. The summed E-state index contributed by atoms with van der Waals surface area (Å²) in [7, 11) is 0. The lowest BCUT2D eigenvalue weighted by molar-refractivity contribution is -0.131. The fourth-order valence-electron chi connectivity index (χ4n) is 4.51. The first-order chi connectivity index (χ1) is 17.2. The number of amides is 1. The third kappa shape index (κ3) is 5.80. The SMILES string of the molecule is O=C(Cc1ccc(F)cc1)N1CCOc2c(cc(-c3cccnc3)cc2OC[C@H]2CCCCO2)C1. The predicted octanol–water partition coefficient (Wildman–Crippen LogP) is 4.80. The molecule has 1 aromatic heterocycles. The zero-order valence-corrected chi connectivity index (χ0v) is 19.6. The van der Waals surface area contributed by atoms with Gasteiger partial charge in [0.05, 0.1) is 19.1 Å². The van der Waals surface area contributed by atoms with Gasteiger partial charge in [0.15, 0.2) is 11.5 Å². The largest absolute Gasteiger partial charge is 0.487 e. The van der Waals surface area contributed by atoms with Crippen molar-refractivity contribution in [2.24, 2.45) is 0 Å². The second-order valence-corrected chi connectivity index (χ2v) is 8.97. The molecule has 2 aliphatic rings. The smallest absolute Gasteiger partial charge is 0.227 e. The molecular formula is C28H29FN2O4. The molecule has 182 valence electrons. The van der Waals surface area contributed by atoms with Crippen molar-refractivity contribution in [1.82, 2.24) is 9.88 Å². The Bertz CT molecular complexity index is 1150. The molecule has 0 unspecified atom stereocenters. The molecule has 6 nitrogen and oxygen atoms in total. The summed E-state index contributed by atoms with van der Waals surface area (Å²) in [4.78, 5) is 19.1. The molecule has 0 radical (unpaired) electrons. The average Bonchev–Trinajstić information content (AvgIpc) is 3.12. The molecule has 0 saturated carbocycles. The Labute approximate surface area is 204 Å². The number of benzene rings is 2. The van der Waals surface area contributed by atoms with Gasteiger partial charge in [0.2, 0.25) is 5.91 Å². The minimum Gasteiger partial charge on any atom is -0.487 e. The highest BCUT2D eigenvalue weighted by Gasteiger charge is 2.25. The summed E-state index contributed by atoms with van der Waals surface area (Å²) in [6.07, 6.45) is 7.05. The van der Waals surface area contributed by atoms with Crippen LogP contribution < -0.4 is 9.47 Å². The molecule has 2 aromatic carbocycles. The van der Waals surface area contributed by atoms with Crippen molar-refractivity contribution in [3.8, 4) is 22.6 Å². The highest BCUT2D eigenvalue weighted by Crippen LogP contribution is 2.39. The Balaban J connectivity index is 1.40. The first-order valence-corrected chi connectivity index (χ1v) is 12.1. The lowest BCUT2D eigenvalue weighted by Gasteiger charge is -2.24. The van der Waals surface area contributed by atoms with Gasteiger partial charge in [-0.25, -0.2) is 4.39 Å². The molecule has 7 heteroatoms. The van der Waals surface area contributed by atoms with E-state index in [0.717, 1.165) is 48.1 Å². The van der Waals surface area contributed by atoms with E-state index in [-0.39, 0.29) is 24.2 Å². The average molecular weight is 477 g/mol. The molecule has 1 fully saturated rings. The van der Waals surface area contributed by atoms with Crippen molar-refractivity contribution >= 4 is 5.91 Å². The molecule has 0 spiro atoms. The normalized spacial score (nSPS) is 17.7. The van der Waals surface area contributed by atoms with Gasteiger partial charge in [-0.1, -0.05) is 18.2 Å². The van der Waals surface area contributed by atoms with Gasteiger partial charge < -0.3 is 19.1 Å². The number of hydrogen-bond donors (Lipinski definition) is 0. The second-order valence-electron chi connectivity index (χ2n) is 8.97. The lowest BCUT2D eigenvalue weighted by atomic mass is 10.0. The van der Waals surface area contributed by atoms with E-state index in [9.17, 15) is 9.18 Å². The number of rotatable bonds is 6. The Morgan fingerprint density at radius 3 is 2.77 bits per heavy atom. The summed E-state index contributed by atoms with van der Waals surface area (Å²) in [5.41, 5.74) is 3.58. The molecule has 0 aliphatic carbocycles. The summed E-state index contributed by atoms with van der Waals surface area (Å²) in [6.45, 7) is 2.45. The molecule has 1 amide bonds. The van der Waals surface area contributed by atoms with E-state index >= 15 is 0 Å². The van der Waals surface area contributed by atoms with Crippen molar-refractivity contribution in [3.05, 3.63) is 77.9 Å². The zero-order chi connectivity index (χ0) is 24.0. The van der Waals surface area contributed by atoms with Crippen LogP contribution in [0.25, 0.3) is 11.1 Å². The van der Waals surface area contributed by atoms with Crippen LogP contribution in [-0.2, 0) is 22.5 Å². The van der Waals surface area contributed by atoms with Gasteiger partial charge >= 0.3 is 0 Å². The topological polar surface area (TPSA) is 60.9 Å². The van der Waals surface area contributed by atoms with Crippen LogP contribution in [0.2, 0.25) is 0 Å². The predicted molar refractivity (Wildman–Crippen MR) is 130 cm³/mol. The van der Waals surface area contributed by atoms with E-state index in [4.69, 9.17) is 14.2 Å². The third-order valence-electron chi connectivity index (χ3n) is 6.42. The van der Waals surface area contributed by atoms with Crippen LogP contribution in [0.1, 0.15) is 30.4 Å². The van der Waals surface area contributed by atoms with E-state index in [2.05, 4.69) is 4.98 Å². The molecule has 3 aromatic rings. The quantitative estimate of drug-likeness (QED) is 0.512. The Hall–Kier alpha value is -3.45. The lowest BCUT2D eigenvalue weighted by Crippen LogP contribution is -2.33. The summed E-state index contributed by atoms with van der Waals surface area (Å²) >= 11 is 0.